The van der Waals surface area contributed by atoms with Gasteiger partial charge in [0.2, 0.25) is 5.91 Å². The molecule has 0 aliphatic heterocycles. The van der Waals surface area contributed by atoms with E-state index in [2.05, 4.69) is 36.4 Å². The summed E-state index contributed by atoms with van der Waals surface area (Å²) < 4.78 is 0. The highest BCUT2D eigenvalue weighted by Crippen LogP contribution is 2.33. The standard InChI is InChI=1S/C19H21NO/c20-19(21)18(11-10-14-6-2-1-3-7-14)17-12-15-8-4-5-9-16(15)13-17/h1-9,17-18H,10-13H2,(H2,20,21). The molecule has 2 nitrogen and oxygen atoms in total. The molecule has 0 bridgehead atoms. The third kappa shape index (κ3) is 3.15. The fourth-order valence-corrected chi connectivity index (χ4v) is 3.45. The van der Waals surface area contributed by atoms with Crippen molar-refractivity contribution in [3.05, 3.63) is 71.3 Å². The molecule has 108 valence electrons. The van der Waals surface area contributed by atoms with Gasteiger partial charge in [0.25, 0.3) is 0 Å². The van der Waals surface area contributed by atoms with E-state index in [1.807, 2.05) is 18.2 Å². The molecule has 1 unspecified atom stereocenters. The van der Waals surface area contributed by atoms with Crippen LogP contribution in [0.1, 0.15) is 23.1 Å². The number of rotatable bonds is 5. The minimum absolute atomic E-state index is 0.0300. The Morgan fingerprint density at radius 1 is 1.00 bits per heavy atom. The number of aryl methyl sites for hydroxylation is 1. The van der Waals surface area contributed by atoms with Gasteiger partial charge in [-0.2, -0.15) is 0 Å². The lowest BCUT2D eigenvalue weighted by atomic mass is 9.84. The zero-order valence-corrected chi connectivity index (χ0v) is 12.2. The van der Waals surface area contributed by atoms with Gasteiger partial charge >= 0.3 is 0 Å². The first-order valence-electron chi connectivity index (χ1n) is 7.64. The predicted molar refractivity (Wildman–Crippen MR) is 84.8 cm³/mol. The topological polar surface area (TPSA) is 43.1 Å². The Kier molecular flexibility index (Phi) is 4.05. The highest BCUT2D eigenvalue weighted by molar-refractivity contribution is 5.77. The van der Waals surface area contributed by atoms with E-state index in [9.17, 15) is 4.79 Å². The predicted octanol–water partition coefficient (Wildman–Crippen LogP) is 3.14. The molecule has 1 aliphatic rings. The normalized spacial score (nSPS) is 15.6. The van der Waals surface area contributed by atoms with Crippen molar-refractivity contribution in [1.29, 1.82) is 0 Å². The summed E-state index contributed by atoms with van der Waals surface area (Å²) in [6.45, 7) is 0. The van der Waals surface area contributed by atoms with E-state index < -0.39 is 0 Å². The lowest BCUT2D eigenvalue weighted by Gasteiger charge is -2.20. The van der Waals surface area contributed by atoms with Crippen LogP contribution < -0.4 is 5.73 Å². The number of fused-ring (bicyclic) bond motifs is 1. The molecule has 0 saturated carbocycles. The molecule has 2 N–H and O–H groups in total. The Hall–Kier alpha value is -2.09. The van der Waals surface area contributed by atoms with Gasteiger partial charge in [-0.15, -0.1) is 0 Å². The van der Waals surface area contributed by atoms with E-state index in [-0.39, 0.29) is 11.8 Å². The molecule has 2 aromatic carbocycles. The van der Waals surface area contributed by atoms with E-state index in [1.165, 1.54) is 16.7 Å². The van der Waals surface area contributed by atoms with Crippen molar-refractivity contribution in [3.63, 3.8) is 0 Å². The van der Waals surface area contributed by atoms with Gasteiger partial charge in [-0.3, -0.25) is 4.79 Å². The van der Waals surface area contributed by atoms with Crippen molar-refractivity contribution in [3.8, 4) is 0 Å². The highest BCUT2D eigenvalue weighted by atomic mass is 16.1. The molecule has 0 aromatic heterocycles. The number of carbonyl (C=O) groups excluding carboxylic acids is 1. The van der Waals surface area contributed by atoms with Crippen molar-refractivity contribution >= 4 is 5.91 Å². The Labute approximate surface area is 126 Å². The van der Waals surface area contributed by atoms with Gasteiger partial charge in [-0.1, -0.05) is 54.6 Å². The molecule has 0 fully saturated rings. The molecule has 3 rings (SSSR count). The summed E-state index contributed by atoms with van der Waals surface area (Å²) in [4.78, 5) is 11.9. The second-order valence-corrected chi connectivity index (χ2v) is 5.97. The number of carbonyl (C=O) groups is 1. The Morgan fingerprint density at radius 3 is 2.14 bits per heavy atom. The van der Waals surface area contributed by atoms with Crippen LogP contribution in [0.2, 0.25) is 0 Å². The van der Waals surface area contributed by atoms with Crippen molar-refractivity contribution in [1.82, 2.24) is 0 Å². The van der Waals surface area contributed by atoms with E-state index in [0.29, 0.717) is 5.92 Å². The smallest absolute Gasteiger partial charge is 0.220 e. The van der Waals surface area contributed by atoms with Crippen molar-refractivity contribution in [2.75, 3.05) is 0 Å². The Morgan fingerprint density at radius 2 is 1.57 bits per heavy atom. The fraction of sp³-hybridized carbons (Fsp3) is 0.316. The Balaban J connectivity index is 1.68. The molecule has 1 amide bonds. The molecular weight excluding hydrogens is 258 g/mol. The monoisotopic (exact) mass is 279 g/mol. The van der Waals surface area contributed by atoms with Crippen LogP contribution in [0.3, 0.4) is 0 Å². The van der Waals surface area contributed by atoms with Gasteiger partial charge in [0.15, 0.2) is 0 Å². The molecule has 0 saturated heterocycles. The number of primary amides is 1. The summed E-state index contributed by atoms with van der Waals surface area (Å²) in [5.41, 5.74) is 9.72. The lowest BCUT2D eigenvalue weighted by Crippen LogP contribution is -2.31. The molecule has 0 spiro atoms. The zero-order chi connectivity index (χ0) is 14.7. The number of amides is 1. The maximum atomic E-state index is 11.9. The van der Waals surface area contributed by atoms with Crippen molar-refractivity contribution in [2.24, 2.45) is 17.6 Å². The maximum absolute atomic E-state index is 11.9. The number of nitrogens with two attached hydrogens (primary N) is 1. The van der Waals surface area contributed by atoms with E-state index in [0.717, 1.165) is 25.7 Å². The molecule has 0 radical (unpaired) electrons. The first-order valence-corrected chi connectivity index (χ1v) is 7.64. The van der Waals surface area contributed by atoms with Gasteiger partial charge < -0.3 is 5.73 Å². The van der Waals surface area contributed by atoms with Gasteiger partial charge in [0, 0.05) is 5.92 Å². The SMILES string of the molecule is NC(=O)C(CCc1ccccc1)C1Cc2ccccc2C1. The second kappa shape index (κ2) is 6.13. The van der Waals surface area contributed by atoms with E-state index in [1.54, 1.807) is 0 Å². The molecule has 2 heteroatoms. The minimum atomic E-state index is -0.149. The molecular formula is C19H21NO. The molecule has 1 atom stereocenters. The molecule has 0 heterocycles. The fourth-order valence-electron chi connectivity index (χ4n) is 3.45. The Bertz CT molecular complexity index is 595. The summed E-state index contributed by atoms with van der Waals surface area (Å²) >= 11 is 0. The zero-order valence-electron chi connectivity index (χ0n) is 12.2. The lowest BCUT2D eigenvalue weighted by molar-refractivity contribution is -0.123. The van der Waals surface area contributed by atoms with Gasteiger partial charge in [-0.05, 0) is 48.3 Å². The van der Waals surface area contributed by atoms with Crippen LogP contribution in [0.4, 0.5) is 0 Å². The van der Waals surface area contributed by atoms with Crippen LogP contribution in [-0.4, -0.2) is 5.91 Å². The number of hydrogen-bond acceptors (Lipinski definition) is 1. The van der Waals surface area contributed by atoms with Crippen molar-refractivity contribution in [2.45, 2.75) is 25.7 Å². The van der Waals surface area contributed by atoms with Crippen LogP contribution in [0.15, 0.2) is 54.6 Å². The quantitative estimate of drug-likeness (QED) is 0.897. The average molecular weight is 279 g/mol. The van der Waals surface area contributed by atoms with Crippen LogP contribution in [0.25, 0.3) is 0 Å². The van der Waals surface area contributed by atoms with Crippen molar-refractivity contribution < 1.29 is 4.79 Å². The van der Waals surface area contributed by atoms with Crippen LogP contribution in [-0.2, 0) is 24.1 Å². The summed E-state index contributed by atoms with van der Waals surface area (Å²) in [7, 11) is 0. The average Bonchev–Trinajstić information content (AvgIpc) is 2.91. The van der Waals surface area contributed by atoms with Crippen LogP contribution in [0, 0.1) is 11.8 Å². The van der Waals surface area contributed by atoms with Crippen LogP contribution >= 0.6 is 0 Å². The third-order valence-corrected chi connectivity index (χ3v) is 4.60. The van der Waals surface area contributed by atoms with Gasteiger partial charge in [0.05, 0.1) is 0 Å². The third-order valence-electron chi connectivity index (χ3n) is 4.60. The number of benzene rings is 2. The summed E-state index contributed by atoms with van der Waals surface area (Å²) in [5.74, 6) is 0.185. The first-order chi connectivity index (χ1) is 10.2. The maximum Gasteiger partial charge on any atom is 0.220 e. The second-order valence-electron chi connectivity index (χ2n) is 5.97. The summed E-state index contributed by atoms with van der Waals surface area (Å²) in [6.07, 6.45) is 3.73. The van der Waals surface area contributed by atoms with E-state index >= 15 is 0 Å². The van der Waals surface area contributed by atoms with Crippen LogP contribution in [0.5, 0.6) is 0 Å². The number of hydrogen-bond donors (Lipinski definition) is 1. The first kappa shape index (κ1) is 13.9. The summed E-state index contributed by atoms with van der Waals surface area (Å²) in [6, 6.07) is 18.8. The molecule has 1 aliphatic carbocycles. The molecule has 2 aromatic rings. The largest absolute Gasteiger partial charge is 0.369 e. The summed E-state index contributed by atoms with van der Waals surface area (Å²) in [5, 5.41) is 0. The highest BCUT2D eigenvalue weighted by Gasteiger charge is 2.31. The molecule has 21 heavy (non-hydrogen) atoms. The minimum Gasteiger partial charge on any atom is -0.369 e. The van der Waals surface area contributed by atoms with E-state index in [4.69, 9.17) is 5.73 Å². The van der Waals surface area contributed by atoms with Gasteiger partial charge in [0.1, 0.15) is 0 Å². The van der Waals surface area contributed by atoms with Gasteiger partial charge in [-0.25, -0.2) is 0 Å².